The van der Waals surface area contributed by atoms with Gasteiger partial charge in [0.1, 0.15) is 5.69 Å². The number of hydrogen-bond donors (Lipinski definition) is 0. The van der Waals surface area contributed by atoms with Gasteiger partial charge in [-0.2, -0.15) is 0 Å². The standard InChI is InChI=1S/C26H22F2N4O6S/c1-4-30-23-15(13-31(26(30)34)24-21(27)19(37-2)11-20(38-3)22(24)28)12-29-25-18(23)10-16(14-33)32(25)39(35,36)17-8-6-5-7-9-17/h5-12,14H,4,13H2,1-3H3. The van der Waals surface area contributed by atoms with Gasteiger partial charge in [-0.3, -0.25) is 14.6 Å². The van der Waals surface area contributed by atoms with Crippen molar-refractivity contribution in [3.63, 3.8) is 0 Å². The number of fused-ring (bicyclic) bond motifs is 3. The molecule has 2 aromatic carbocycles. The molecule has 0 unspecified atom stereocenters. The van der Waals surface area contributed by atoms with Crippen LogP contribution in [0.5, 0.6) is 11.5 Å². The fraction of sp³-hybridized carbons (Fsp3) is 0.192. The van der Waals surface area contributed by atoms with Crippen LogP contribution in [0.25, 0.3) is 11.0 Å². The molecule has 0 N–H and O–H groups in total. The van der Waals surface area contributed by atoms with Crippen LogP contribution in [0, 0.1) is 11.6 Å². The number of pyridine rings is 1. The highest BCUT2D eigenvalue weighted by molar-refractivity contribution is 7.90. The third-order valence-corrected chi connectivity index (χ3v) is 8.19. The van der Waals surface area contributed by atoms with E-state index < -0.39 is 33.4 Å². The van der Waals surface area contributed by atoms with Gasteiger partial charge >= 0.3 is 6.03 Å². The Morgan fingerprint density at radius 2 is 1.67 bits per heavy atom. The average molecular weight is 557 g/mol. The van der Waals surface area contributed by atoms with Crippen molar-refractivity contribution in [2.75, 3.05) is 30.6 Å². The summed E-state index contributed by atoms with van der Waals surface area (Å²) in [4.78, 5) is 32.0. The van der Waals surface area contributed by atoms with Crippen LogP contribution < -0.4 is 19.3 Å². The number of hydrogen-bond acceptors (Lipinski definition) is 7. The van der Waals surface area contributed by atoms with Gasteiger partial charge in [0, 0.05) is 29.8 Å². The quantitative estimate of drug-likeness (QED) is 0.311. The third-order valence-electron chi connectivity index (χ3n) is 6.46. The molecular formula is C26H22F2N4O6S. The van der Waals surface area contributed by atoms with E-state index in [1.807, 2.05) is 0 Å². The number of nitrogens with zero attached hydrogens (tertiary/aromatic N) is 4. The maximum Gasteiger partial charge on any atom is 0.329 e. The van der Waals surface area contributed by atoms with E-state index in [-0.39, 0.29) is 51.9 Å². The Balaban J connectivity index is 1.73. The molecule has 0 bridgehead atoms. The summed E-state index contributed by atoms with van der Waals surface area (Å²) < 4.78 is 68.4. The van der Waals surface area contributed by atoms with E-state index in [0.29, 0.717) is 11.8 Å². The minimum absolute atomic E-state index is 0.0544. The van der Waals surface area contributed by atoms with E-state index in [9.17, 15) is 18.0 Å². The SMILES string of the molecule is CCN1C(=O)N(c2c(F)c(OC)cc(OC)c2F)Cc2cnc3c(cc(C=O)n3S(=O)(=O)c3ccccc3)c21. The van der Waals surface area contributed by atoms with Crippen LogP contribution in [0.2, 0.25) is 0 Å². The number of rotatable bonds is 7. The summed E-state index contributed by atoms with van der Waals surface area (Å²) >= 11 is 0. The average Bonchev–Trinajstić information content (AvgIpc) is 3.34. The fourth-order valence-electron chi connectivity index (χ4n) is 4.70. The van der Waals surface area contributed by atoms with Gasteiger partial charge in [0.25, 0.3) is 10.0 Å². The van der Waals surface area contributed by atoms with E-state index in [4.69, 9.17) is 9.47 Å². The number of urea groups is 1. The summed E-state index contributed by atoms with van der Waals surface area (Å²) in [6, 6.07) is 9.11. The van der Waals surface area contributed by atoms with E-state index in [1.54, 1.807) is 25.1 Å². The second-order valence-electron chi connectivity index (χ2n) is 8.51. The first-order chi connectivity index (χ1) is 18.7. The lowest BCUT2D eigenvalue weighted by atomic mass is 10.1. The molecule has 0 aliphatic carbocycles. The molecule has 0 saturated carbocycles. The highest BCUT2D eigenvalue weighted by Crippen LogP contribution is 2.43. The van der Waals surface area contributed by atoms with E-state index in [1.165, 1.54) is 43.5 Å². The van der Waals surface area contributed by atoms with Gasteiger partial charge < -0.3 is 9.47 Å². The normalized spacial score (nSPS) is 13.5. The number of halogens is 2. The summed E-state index contributed by atoms with van der Waals surface area (Å²) in [5.41, 5.74) is -0.283. The Kier molecular flexibility index (Phi) is 6.46. The van der Waals surface area contributed by atoms with Crippen molar-refractivity contribution in [1.29, 1.82) is 0 Å². The molecule has 0 fully saturated rings. The van der Waals surface area contributed by atoms with Crippen LogP contribution in [0.15, 0.2) is 53.6 Å². The lowest BCUT2D eigenvalue weighted by molar-refractivity contribution is 0.111. The topological polar surface area (TPSA) is 111 Å². The molecule has 13 heteroatoms. The Hall–Kier alpha value is -4.52. The van der Waals surface area contributed by atoms with Crippen LogP contribution in [0.1, 0.15) is 23.0 Å². The smallest absolute Gasteiger partial charge is 0.329 e. The summed E-state index contributed by atoms with van der Waals surface area (Å²) in [6.07, 6.45) is 1.70. The van der Waals surface area contributed by atoms with Crippen molar-refractivity contribution >= 4 is 44.7 Å². The maximum absolute atomic E-state index is 15.3. The Morgan fingerprint density at radius 3 is 2.23 bits per heavy atom. The number of carbonyl (C=O) groups excluding carboxylic acids is 2. The van der Waals surface area contributed by atoms with Crippen molar-refractivity contribution in [1.82, 2.24) is 8.96 Å². The predicted molar refractivity (Wildman–Crippen MR) is 138 cm³/mol. The van der Waals surface area contributed by atoms with Crippen molar-refractivity contribution in [2.45, 2.75) is 18.4 Å². The highest BCUT2D eigenvalue weighted by Gasteiger charge is 2.38. The van der Waals surface area contributed by atoms with E-state index in [2.05, 4.69) is 4.98 Å². The lowest BCUT2D eigenvalue weighted by Crippen LogP contribution is -2.48. The molecule has 0 saturated heterocycles. The zero-order valence-corrected chi connectivity index (χ0v) is 21.8. The molecule has 4 aromatic rings. The van der Waals surface area contributed by atoms with Gasteiger partial charge in [0.2, 0.25) is 0 Å². The van der Waals surface area contributed by atoms with Gasteiger partial charge in [0.15, 0.2) is 35.1 Å². The van der Waals surface area contributed by atoms with Crippen molar-refractivity contribution in [2.24, 2.45) is 0 Å². The van der Waals surface area contributed by atoms with Crippen molar-refractivity contribution in [3.05, 3.63) is 71.6 Å². The molecule has 3 heterocycles. The van der Waals surface area contributed by atoms with Crippen molar-refractivity contribution in [3.8, 4) is 11.5 Å². The zero-order valence-electron chi connectivity index (χ0n) is 21.0. The lowest BCUT2D eigenvalue weighted by Gasteiger charge is -2.37. The summed E-state index contributed by atoms with van der Waals surface area (Å²) in [7, 11) is -1.83. The summed E-state index contributed by atoms with van der Waals surface area (Å²) in [5.74, 6) is -2.84. The molecule has 0 atom stereocenters. The molecule has 0 spiro atoms. The van der Waals surface area contributed by atoms with Gasteiger partial charge in [-0.1, -0.05) is 18.2 Å². The first kappa shape index (κ1) is 26.1. The molecule has 2 aromatic heterocycles. The first-order valence-electron chi connectivity index (χ1n) is 11.7. The number of ether oxygens (including phenoxy) is 2. The zero-order chi connectivity index (χ0) is 28.1. The van der Waals surface area contributed by atoms with Gasteiger partial charge in [-0.15, -0.1) is 0 Å². The van der Waals surface area contributed by atoms with Gasteiger partial charge in [0.05, 0.1) is 37.0 Å². The molecule has 2 amide bonds. The number of carbonyl (C=O) groups is 2. The maximum atomic E-state index is 15.3. The number of anilines is 2. The Bertz CT molecular complexity index is 1710. The number of aromatic nitrogens is 2. The number of aldehydes is 1. The van der Waals surface area contributed by atoms with Gasteiger partial charge in [-0.25, -0.2) is 30.9 Å². The number of benzene rings is 2. The summed E-state index contributed by atoms with van der Waals surface area (Å²) in [5, 5.41) is 0.216. The fourth-order valence-corrected chi connectivity index (χ4v) is 6.15. The van der Waals surface area contributed by atoms with Crippen LogP contribution in [-0.4, -0.2) is 50.5 Å². The molecule has 0 radical (unpaired) electrons. The highest BCUT2D eigenvalue weighted by atomic mass is 32.2. The monoisotopic (exact) mass is 556 g/mol. The Morgan fingerprint density at radius 1 is 1.03 bits per heavy atom. The van der Waals surface area contributed by atoms with Crippen LogP contribution in [-0.2, 0) is 16.6 Å². The van der Waals surface area contributed by atoms with Crippen LogP contribution >= 0.6 is 0 Å². The van der Waals surface area contributed by atoms with E-state index in [0.717, 1.165) is 14.9 Å². The second kappa shape index (κ2) is 9.66. The third kappa shape index (κ3) is 3.88. The van der Waals surface area contributed by atoms with E-state index >= 15 is 8.78 Å². The minimum atomic E-state index is -4.23. The number of methoxy groups -OCH3 is 2. The molecule has 10 nitrogen and oxygen atoms in total. The Labute approximate surface area is 222 Å². The minimum Gasteiger partial charge on any atom is -0.493 e. The first-order valence-corrected chi connectivity index (χ1v) is 13.1. The van der Waals surface area contributed by atoms with Crippen molar-refractivity contribution < 1.29 is 36.3 Å². The van der Waals surface area contributed by atoms with Crippen LogP contribution in [0.4, 0.5) is 25.0 Å². The molecular weight excluding hydrogens is 534 g/mol. The molecule has 5 rings (SSSR count). The summed E-state index contributed by atoms with van der Waals surface area (Å²) in [6.45, 7) is 1.40. The van der Waals surface area contributed by atoms with Gasteiger partial charge in [-0.05, 0) is 25.1 Å². The largest absolute Gasteiger partial charge is 0.493 e. The number of amides is 2. The molecule has 1 aliphatic rings. The predicted octanol–water partition coefficient (Wildman–Crippen LogP) is 4.35. The molecule has 202 valence electrons. The second-order valence-corrected chi connectivity index (χ2v) is 10.3. The van der Waals surface area contributed by atoms with Crippen LogP contribution in [0.3, 0.4) is 0 Å². The molecule has 1 aliphatic heterocycles. The molecule has 39 heavy (non-hydrogen) atoms.